The van der Waals surface area contributed by atoms with Crippen LogP contribution < -0.4 is 51.4 Å². The number of likely N-dealkylation sites (tertiary alicyclic amines) is 1. The van der Waals surface area contributed by atoms with Gasteiger partial charge in [-0.2, -0.15) is 0 Å². The second-order valence-corrected chi connectivity index (χ2v) is 4.37. The maximum Gasteiger partial charge on any atom is 1.00 e. The minimum Gasteiger partial charge on any atom is -0.448 e. The Hall–Kier alpha value is 1.45. The predicted octanol–water partition coefficient (Wildman–Crippen LogP) is -0.645. The Kier molecular flexibility index (Phi) is 6.90. The molecular weight excluding hydrogens is 217 g/mol. The molecule has 1 aliphatic rings. The van der Waals surface area contributed by atoms with Gasteiger partial charge in [-0.3, -0.25) is 0 Å². The summed E-state index contributed by atoms with van der Waals surface area (Å²) in [6.07, 6.45) is 0.371. The summed E-state index contributed by atoms with van der Waals surface area (Å²) in [7, 11) is 0. The average Bonchev–Trinajstić information content (AvgIpc) is 1.78. The molecule has 78 valence electrons. The average molecular weight is 233 g/mol. The molecule has 1 heterocycles. The zero-order valence-corrected chi connectivity index (χ0v) is 12.3. The smallest absolute Gasteiger partial charge is 0.448 e. The van der Waals surface area contributed by atoms with E-state index in [1.54, 1.807) is 4.90 Å². The van der Waals surface area contributed by atoms with E-state index in [1.807, 2.05) is 13.8 Å². The second kappa shape index (κ2) is 6.25. The molecule has 1 saturated heterocycles. The van der Waals surface area contributed by atoms with Crippen molar-refractivity contribution in [2.45, 2.75) is 20.3 Å². The van der Waals surface area contributed by atoms with Crippen molar-refractivity contribution in [1.29, 1.82) is 0 Å². The third-order valence-corrected chi connectivity index (χ3v) is 2.41. The van der Waals surface area contributed by atoms with Gasteiger partial charge in [0.15, 0.2) is 0 Å². The van der Waals surface area contributed by atoms with E-state index in [-0.39, 0.29) is 51.4 Å². The van der Waals surface area contributed by atoms with Gasteiger partial charge in [0, 0.05) is 0 Å². The van der Waals surface area contributed by atoms with Crippen molar-refractivity contribution in [3.8, 4) is 0 Å². The molecule has 0 aromatic heterocycles. The topological polar surface area (TPSA) is 3.24 Å². The van der Waals surface area contributed by atoms with Crippen LogP contribution in [0.3, 0.4) is 0 Å². The number of hydrogen-bond donors (Lipinski definition) is 0. The molecular formula is C8H16BF3KN. The van der Waals surface area contributed by atoms with E-state index >= 15 is 0 Å². The molecule has 0 saturated carbocycles. The van der Waals surface area contributed by atoms with Gasteiger partial charge in [0.1, 0.15) is 0 Å². The number of rotatable bonds is 2. The number of piperidine rings is 1. The van der Waals surface area contributed by atoms with Crippen LogP contribution in [-0.4, -0.2) is 31.4 Å². The maximum absolute atomic E-state index is 12.1. The second-order valence-electron chi connectivity index (χ2n) is 4.37. The summed E-state index contributed by atoms with van der Waals surface area (Å²) in [4.78, 5) is 1.54. The monoisotopic (exact) mass is 233 g/mol. The van der Waals surface area contributed by atoms with Gasteiger partial charge in [-0.05, 0) is 37.8 Å². The van der Waals surface area contributed by atoms with Gasteiger partial charge in [0.2, 0.25) is 0 Å². The summed E-state index contributed by atoms with van der Waals surface area (Å²) in [5.41, 5.74) is 0. The van der Waals surface area contributed by atoms with Gasteiger partial charge < -0.3 is 17.8 Å². The van der Waals surface area contributed by atoms with Crippen LogP contribution in [0.1, 0.15) is 20.3 Å². The third kappa shape index (κ3) is 6.13. The zero-order valence-electron chi connectivity index (χ0n) is 9.14. The largest absolute Gasteiger partial charge is 1.00 e. The molecule has 2 unspecified atom stereocenters. The van der Waals surface area contributed by atoms with Gasteiger partial charge in [0.05, 0.1) is 0 Å². The minimum atomic E-state index is -4.64. The Morgan fingerprint density at radius 2 is 1.57 bits per heavy atom. The molecule has 0 aromatic rings. The van der Waals surface area contributed by atoms with E-state index in [0.29, 0.717) is 24.9 Å². The Morgan fingerprint density at radius 3 is 1.93 bits per heavy atom. The van der Waals surface area contributed by atoms with Crippen LogP contribution in [0.25, 0.3) is 0 Å². The van der Waals surface area contributed by atoms with Gasteiger partial charge in [-0.15, -0.1) is 0 Å². The van der Waals surface area contributed by atoms with E-state index in [2.05, 4.69) is 0 Å². The fraction of sp³-hybridized carbons (Fsp3) is 1.00. The summed E-state index contributed by atoms with van der Waals surface area (Å²) in [6, 6.07) is 0. The Morgan fingerprint density at radius 1 is 1.14 bits per heavy atom. The molecule has 1 fully saturated rings. The fourth-order valence-electron chi connectivity index (χ4n) is 2.23. The van der Waals surface area contributed by atoms with Crippen molar-refractivity contribution in [1.82, 2.24) is 4.90 Å². The van der Waals surface area contributed by atoms with E-state index in [9.17, 15) is 12.9 Å². The minimum absolute atomic E-state index is 0. The summed E-state index contributed by atoms with van der Waals surface area (Å²) in [6.45, 7) is 0.601. The number of nitrogens with zero attached hydrogens (tertiary/aromatic N) is 1. The normalized spacial score (nSPS) is 29.8. The van der Waals surface area contributed by atoms with Crippen LogP contribution >= 0.6 is 0 Å². The van der Waals surface area contributed by atoms with Crippen molar-refractivity contribution >= 4 is 6.98 Å². The van der Waals surface area contributed by atoms with Crippen LogP contribution in [0.4, 0.5) is 12.9 Å². The molecule has 1 nitrogen and oxygen atoms in total. The van der Waals surface area contributed by atoms with Crippen molar-refractivity contribution in [2.75, 3.05) is 19.5 Å². The Labute approximate surface area is 126 Å². The van der Waals surface area contributed by atoms with Gasteiger partial charge >= 0.3 is 58.4 Å². The first-order valence-corrected chi connectivity index (χ1v) is 4.80. The molecule has 6 heteroatoms. The van der Waals surface area contributed by atoms with E-state index < -0.39 is 13.4 Å². The van der Waals surface area contributed by atoms with Gasteiger partial charge in [-0.1, -0.05) is 13.8 Å². The maximum atomic E-state index is 12.1. The van der Waals surface area contributed by atoms with Crippen LogP contribution in [0.2, 0.25) is 0 Å². The summed E-state index contributed by atoms with van der Waals surface area (Å²) in [5.74, 6) is 0.809. The van der Waals surface area contributed by atoms with Crippen molar-refractivity contribution in [3.05, 3.63) is 0 Å². The molecule has 0 N–H and O–H groups in total. The van der Waals surface area contributed by atoms with Gasteiger partial charge in [-0.25, -0.2) is 0 Å². The predicted molar refractivity (Wildman–Crippen MR) is 48.5 cm³/mol. The van der Waals surface area contributed by atoms with E-state index in [1.165, 1.54) is 0 Å². The van der Waals surface area contributed by atoms with E-state index in [4.69, 9.17) is 0 Å². The SMILES string of the molecule is CC1CC(C)CN(C[B-](F)(F)F)C1.[K+]. The molecule has 0 amide bonds. The number of hydrogen-bond acceptors (Lipinski definition) is 1. The van der Waals surface area contributed by atoms with Gasteiger partial charge in [0.25, 0.3) is 0 Å². The van der Waals surface area contributed by atoms with Crippen molar-refractivity contribution in [2.24, 2.45) is 11.8 Å². The molecule has 0 aliphatic carbocycles. The number of halogens is 3. The molecule has 0 bridgehead atoms. The molecule has 0 spiro atoms. The first-order valence-electron chi connectivity index (χ1n) is 4.80. The van der Waals surface area contributed by atoms with Crippen LogP contribution in [0, 0.1) is 11.8 Å². The summed E-state index contributed by atoms with van der Waals surface area (Å²) >= 11 is 0. The first-order chi connectivity index (χ1) is 5.87. The molecule has 2 atom stereocenters. The van der Waals surface area contributed by atoms with Crippen LogP contribution in [-0.2, 0) is 0 Å². The molecule has 14 heavy (non-hydrogen) atoms. The fourth-order valence-corrected chi connectivity index (χ4v) is 2.23. The summed E-state index contributed by atoms with van der Waals surface area (Å²) in [5, 5.41) is 0. The van der Waals surface area contributed by atoms with E-state index in [0.717, 1.165) is 6.42 Å². The van der Waals surface area contributed by atoms with Crippen molar-refractivity contribution < 1.29 is 64.3 Å². The van der Waals surface area contributed by atoms with Crippen LogP contribution in [0.5, 0.6) is 0 Å². The quantitative estimate of drug-likeness (QED) is 0.573. The Balaban J connectivity index is 0.00000169. The third-order valence-electron chi connectivity index (χ3n) is 2.41. The molecule has 0 radical (unpaired) electrons. The van der Waals surface area contributed by atoms with Crippen LogP contribution in [0.15, 0.2) is 0 Å². The van der Waals surface area contributed by atoms with Crippen molar-refractivity contribution in [3.63, 3.8) is 0 Å². The molecule has 1 rings (SSSR count). The summed E-state index contributed by atoms with van der Waals surface area (Å²) < 4.78 is 36.3. The first kappa shape index (κ1) is 15.5. The molecule has 1 aliphatic heterocycles. The standard InChI is InChI=1S/C8H16BF3N.K/c1-7-3-8(2)5-13(4-7)6-9(10,11)12;/h7-8H,3-6H2,1-2H3;/q-1;+1. The Bertz CT molecular complexity index is 166. The molecule has 0 aromatic carbocycles. The zero-order chi connectivity index (χ0) is 10.1.